The predicted molar refractivity (Wildman–Crippen MR) is 129 cm³/mol. The first-order valence-electron chi connectivity index (χ1n) is 11.7. The minimum Gasteiger partial charge on any atom is -0.350 e. The van der Waals surface area contributed by atoms with E-state index in [2.05, 4.69) is 37.1 Å². The standard InChI is InChI=1S/C23H28ClN9/c1-30-8-10-31(11-9-30)18-4-2-17(3-5-18)28-22-25-13-20-19(6-7-33(20)29-22)16-12-26-23-27-14-21(24)32(23)15-16/h6-7,12-15,17-18H,2-5,8-11H2,1H3,(H,28,29)/t17-,18+. The first kappa shape index (κ1) is 20.8. The highest BCUT2D eigenvalue weighted by molar-refractivity contribution is 6.29. The summed E-state index contributed by atoms with van der Waals surface area (Å²) in [5, 5.41) is 8.82. The molecule has 33 heavy (non-hydrogen) atoms. The normalized spacial score (nSPS) is 22.8. The minimum atomic E-state index is 0.427. The smallest absolute Gasteiger partial charge is 0.241 e. The van der Waals surface area contributed by atoms with Gasteiger partial charge < -0.3 is 10.2 Å². The van der Waals surface area contributed by atoms with Crippen LogP contribution in [0.1, 0.15) is 25.7 Å². The van der Waals surface area contributed by atoms with E-state index in [9.17, 15) is 0 Å². The Morgan fingerprint density at radius 3 is 2.58 bits per heavy atom. The summed E-state index contributed by atoms with van der Waals surface area (Å²) in [6.45, 7) is 4.77. The van der Waals surface area contributed by atoms with Gasteiger partial charge in [-0.25, -0.2) is 19.5 Å². The molecule has 4 aromatic rings. The minimum absolute atomic E-state index is 0.427. The number of nitrogens with zero attached hydrogens (tertiary/aromatic N) is 8. The maximum absolute atomic E-state index is 6.21. The lowest BCUT2D eigenvalue weighted by atomic mass is 9.90. The van der Waals surface area contributed by atoms with Gasteiger partial charge in [0, 0.05) is 68.0 Å². The van der Waals surface area contributed by atoms with Crippen LogP contribution in [0.4, 0.5) is 5.95 Å². The lowest BCUT2D eigenvalue weighted by Gasteiger charge is -2.41. The molecule has 1 N–H and O–H groups in total. The summed E-state index contributed by atoms with van der Waals surface area (Å²) in [5.74, 6) is 1.26. The van der Waals surface area contributed by atoms with Crippen LogP contribution in [-0.4, -0.2) is 84.1 Å². The van der Waals surface area contributed by atoms with Gasteiger partial charge in [0.1, 0.15) is 5.15 Å². The second-order valence-electron chi connectivity index (χ2n) is 9.22. The van der Waals surface area contributed by atoms with Crippen LogP contribution in [0.15, 0.2) is 37.1 Å². The van der Waals surface area contributed by atoms with Gasteiger partial charge in [-0.05, 0) is 38.8 Å². The average molecular weight is 466 g/mol. The van der Waals surface area contributed by atoms with Crippen LogP contribution in [0.3, 0.4) is 0 Å². The Kier molecular flexibility index (Phi) is 5.40. The fourth-order valence-corrected chi connectivity index (χ4v) is 5.32. The molecule has 0 atom stereocenters. The molecular weight excluding hydrogens is 438 g/mol. The summed E-state index contributed by atoms with van der Waals surface area (Å²) in [6, 6.07) is 3.18. The van der Waals surface area contributed by atoms with Crippen LogP contribution in [-0.2, 0) is 0 Å². The number of nitrogens with one attached hydrogen (secondary N) is 1. The van der Waals surface area contributed by atoms with Gasteiger partial charge in [-0.3, -0.25) is 9.30 Å². The number of hydrogen-bond acceptors (Lipinski definition) is 7. The Morgan fingerprint density at radius 1 is 0.970 bits per heavy atom. The molecule has 0 spiro atoms. The van der Waals surface area contributed by atoms with Crippen LogP contribution >= 0.6 is 11.6 Å². The fraction of sp³-hybridized carbons (Fsp3) is 0.478. The lowest BCUT2D eigenvalue weighted by Crippen LogP contribution is -2.50. The summed E-state index contributed by atoms with van der Waals surface area (Å²) >= 11 is 6.21. The first-order chi connectivity index (χ1) is 16.1. The molecule has 2 fully saturated rings. The summed E-state index contributed by atoms with van der Waals surface area (Å²) < 4.78 is 3.65. The van der Waals surface area contributed by atoms with Crippen molar-refractivity contribution in [3.05, 3.63) is 42.2 Å². The van der Waals surface area contributed by atoms with Crippen molar-refractivity contribution in [3.63, 3.8) is 0 Å². The van der Waals surface area contributed by atoms with E-state index in [0.717, 1.165) is 35.5 Å². The van der Waals surface area contributed by atoms with Crippen LogP contribution < -0.4 is 5.32 Å². The molecule has 0 bridgehead atoms. The second kappa shape index (κ2) is 8.55. The quantitative estimate of drug-likeness (QED) is 0.496. The largest absolute Gasteiger partial charge is 0.350 e. The third-order valence-corrected chi connectivity index (χ3v) is 7.41. The number of fused-ring (bicyclic) bond motifs is 2. The highest BCUT2D eigenvalue weighted by Gasteiger charge is 2.28. The molecule has 0 radical (unpaired) electrons. The molecule has 10 heteroatoms. The van der Waals surface area contributed by atoms with Crippen molar-refractivity contribution in [3.8, 4) is 11.1 Å². The Balaban J connectivity index is 1.14. The van der Waals surface area contributed by atoms with E-state index in [0.29, 0.717) is 22.9 Å². The zero-order chi connectivity index (χ0) is 22.4. The molecule has 1 aliphatic heterocycles. The van der Waals surface area contributed by atoms with E-state index in [1.807, 2.05) is 29.2 Å². The van der Waals surface area contributed by atoms with Crippen LogP contribution in [0.5, 0.6) is 0 Å². The maximum Gasteiger partial charge on any atom is 0.241 e. The van der Waals surface area contributed by atoms with Gasteiger partial charge in [0.2, 0.25) is 11.7 Å². The third-order valence-electron chi connectivity index (χ3n) is 7.13. The summed E-state index contributed by atoms with van der Waals surface area (Å²) in [7, 11) is 2.22. The number of rotatable bonds is 4. The summed E-state index contributed by atoms with van der Waals surface area (Å²) in [5.41, 5.74) is 2.88. The molecule has 0 unspecified atom stereocenters. The molecule has 1 saturated heterocycles. The number of imidazole rings is 1. The maximum atomic E-state index is 6.21. The Morgan fingerprint density at radius 2 is 1.76 bits per heavy atom. The van der Waals surface area contributed by atoms with Crippen molar-refractivity contribution >= 4 is 28.8 Å². The highest BCUT2D eigenvalue weighted by atomic mass is 35.5. The van der Waals surface area contributed by atoms with E-state index in [4.69, 9.17) is 16.7 Å². The zero-order valence-corrected chi connectivity index (χ0v) is 19.5. The predicted octanol–water partition coefficient (Wildman–Crippen LogP) is 3.06. The fourth-order valence-electron chi connectivity index (χ4n) is 5.15. The molecule has 9 nitrogen and oxygen atoms in total. The van der Waals surface area contributed by atoms with Crippen LogP contribution in [0.2, 0.25) is 5.15 Å². The number of hydrogen-bond donors (Lipinski definition) is 1. The van der Waals surface area contributed by atoms with Gasteiger partial charge in [0.25, 0.3) is 0 Å². The molecule has 5 heterocycles. The summed E-state index contributed by atoms with van der Waals surface area (Å²) in [6.07, 6.45) is 14.0. The Hall–Kier alpha value is -2.75. The van der Waals surface area contributed by atoms with E-state index in [1.165, 1.54) is 39.0 Å². The van der Waals surface area contributed by atoms with E-state index in [-0.39, 0.29) is 0 Å². The van der Waals surface area contributed by atoms with E-state index in [1.54, 1.807) is 16.8 Å². The van der Waals surface area contributed by atoms with E-state index >= 15 is 0 Å². The van der Waals surface area contributed by atoms with Crippen LogP contribution in [0.25, 0.3) is 22.4 Å². The molecule has 4 aromatic heterocycles. The van der Waals surface area contributed by atoms with E-state index < -0.39 is 0 Å². The average Bonchev–Trinajstić information content (AvgIpc) is 3.43. The Labute approximate surface area is 197 Å². The number of halogens is 1. The monoisotopic (exact) mass is 465 g/mol. The number of piperazine rings is 1. The molecule has 1 aliphatic carbocycles. The van der Waals surface area contributed by atoms with Gasteiger partial charge in [0.05, 0.1) is 17.9 Å². The van der Waals surface area contributed by atoms with Gasteiger partial charge >= 0.3 is 0 Å². The van der Waals surface area contributed by atoms with Crippen molar-refractivity contribution in [2.24, 2.45) is 0 Å². The molecular formula is C23H28ClN9. The summed E-state index contributed by atoms with van der Waals surface area (Å²) in [4.78, 5) is 18.3. The van der Waals surface area contributed by atoms with Gasteiger partial charge in [0.15, 0.2) is 0 Å². The van der Waals surface area contributed by atoms with Gasteiger partial charge in [-0.15, -0.1) is 5.10 Å². The van der Waals surface area contributed by atoms with Crippen LogP contribution in [0, 0.1) is 0 Å². The first-order valence-corrected chi connectivity index (χ1v) is 12.0. The SMILES string of the molecule is CN1CCN([C@H]2CC[C@@H](Nc3ncc4c(-c5cnc6ncc(Cl)n6c5)ccn4n3)CC2)CC1. The highest BCUT2D eigenvalue weighted by Crippen LogP contribution is 2.28. The molecule has 0 amide bonds. The van der Waals surface area contributed by atoms with Crippen molar-refractivity contribution < 1.29 is 0 Å². The Bertz CT molecular complexity index is 1270. The third kappa shape index (κ3) is 4.05. The number of aromatic nitrogens is 6. The molecule has 172 valence electrons. The number of likely N-dealkylation sites (N-methyl/N-ethyl adjacent to an activating group) is 1. The zero-order valence-electron chi connectivity index (χ0n) is 18.7. The molecule has 2 aliphatic rings. The molecule has 0 aromatic carbocycles. The number of anilines is 1. The van der Waals surface area contributed by atoms with Gasteiger partial charge in [-0.2, -0.15) is 0 Å². The molecule has 1 saturated carbocycles. The second-order valence-corrected chi connectivity index (χ2v) is 9.61. The lowest BCUT2D eigenvalue weighted by molar-refractivity contribution is 0.0893. The van der Waals surface area contributed by atoms with Crippen molar-refractivity contribution in [1.29, 1.82) is 0 Å². The van der Waals surface area contributed by atoms with Crippen molar-refractivity contribution in [2.75, 3.05) is 38.5 Å². The van der Waals surface area contributed by atoms with Gasteiger partial charge in [-0.1, -0.05) is 11.6 Å². The topological polar surface area (TPSA) is 78.9 Å². The molecule has 6 rings (SSSR count). The van der Waals surface area contributed by atoms with Crippen molar-refractivity contribution in [2.45, 2.75) is 37.8 Å². The van der Waals surface area contributed by atoms with Crippen molar-refractivity contribution in [1.82, 2.24) is 38.8 Å².